The molecule has 0 atom stereocenters. The monoisotopic (exact) mass is 368 g/mol. The van der Waals surface area contributed by atoms with Crippen LogP contribution in [0.2, 0.25) is 0 Å². The number of amidine groups is 1. The second kappa shape index (κ2) is 8.10. The minimum atomic E-state index is -0.148. The molecule has 0 spiro atoms. The van der Waals surface area contributed by atoms with E-state index in [0.29, 0.717) is 10.1 Å². The van der Waals surface area contributed by atoms with E-state index >= 15 is 0 Å². The van der Waals surface area contributed by atoms with Gasteiger partial charge in [-0.3, -0.25) is 4.79 Å². The van der Waals surface area contributed by atoms with Gasteiger partial charge in [-0.25, -0.2) is 4.99 Å². The highest BCUT2D eigenvalue weighted by Crippen LogP contribution is 2.29. The van der Waals surface area contributed by atoms with E-state index in [9.17, 15) is 4.79 Å². The molecule has 0 unspecified atom stereocenters. The Hall–Kier alpha value is -2.73. The fraction of sp³-hybridized carbons (Fsp3) is 0.200. The van der Waals surface area contributed by atoms with Crippen molar-refractivity contribution in [3.05, 3.63) is 59.0 Å². The summed E-state index contributed by atoms with van der Waals surface area (Å²) in [6.45, 7) is 3.97. The van der Waals surface area contributed by atoms with Crippen LogP contribution in [0.1, 0.15) is 19.4 Å². The number of benzene rings is 2. The molecule has 2 aromatic rings. The molecule has 0 saturated carbocycles. The first-order chi connectivity index (χ1) is 12.5. The lowest BCUT2D eigenvalue weighted by Crippen LogP contribution is -2.19. The summed E-state index contributed by atoms with van der Waals surface area (Å²) in [4.78, 5) is 17.2. The number of hydrogen-bond donors (Lipinski definition) is 1. The normalized spacial score (nSPS) is 17.0. The van der Waals surface area contributed by atoms with Crippen LogP contribution in [0.25, 0.3) is 6.08 Å². The molecule has 3 rings (SSSR count). The number of amides is 1. The molecule has 1 aliphatic heterocycles. The third-order valence-electron chi connectivity index (χ3n) is 3.50. The van der Waals surface area contributed by atoms with E-state index in [1.165, 1.54) is 11.8 Å². The van der Waals surface area contributed by atoms with Crippen LogP contribution in [0.3, 0.4) is 0 Å². The minimum Gasteiger partial charge on any atom is -0.497 e. The smallest absolute Gasteiger partial charge is 0.264 e. The Balaban J connectivity index is 1.72. The summed E-state index contributed by atoms with van der Waals surface area (Å²) in [5, 5.41) is 3.35. The Bertz CT molecular complexity index is 840. The van der Waals surface area contributed by atoms with E-state index in [1.54, 1.807) is 7.11 Å². The van der Waals surface area contributed by atoms with Crippen molar-refractivity contribution in [1.29, 1.82) is 0 Å². The van der Waals surface area contributed by atoms with Crippen molar-refractivity contribution in [2.24, 2.45) is 4.99 Å². The van der Waals surface area contributed by atoms with Crippen molar-refractivity contribution in [3.8, 4) is 11.5 Å². The molecule has 26 heavy (non-hydrogen) atoms. The SMILES string of the molecule is COc1ccc(N=C2NC(=O)C(=Cc3ccc(OC(C)C)cc3)S2)cc1. The van der Waals surface area contributed by atoms with Gasteiger partial charge in [0.1, 0.15) is 11.5 Å². The Morgan fingerprint density at radius 3 is 2.31 bits per heavy atom. The number of thioether (sulfide) groups is 1. The summed E-state index contributed by atoms with van der Waals surface area (Å²) in [7, 11) is 1.62. The van der Waals surface area contributed by atoms with Crippen molar-refractivity contribution in [3.63, 3.8) is 0 Å². The zero-order valence-electron chi connectivity index (χ0n) is 14.9. The molecule has 2 aromatic carbocycles. The molecular weight excluding hydrogens is 348 g/mol. The summed E-state index contributed by atoms with van der Waals surface area (Å²) in [6.07, 6.45) is 1.97. The number of aliphatic imine (C=N–C) groups is 1. The van der Waals surface area contributed by atoms with Crippen molar-refractivity contribution in [2.45, 2.75) is 20.0 Å². The van der Waals surface area contributed by atoms with Gasteiger partial charge in [-0.05, 0) is 73.6 Å². The number of methoxy groups -OCH3 is 1. The van der Waals surface area contributed by atoms with Crippen LogP contribution in [0.4, 0.5) is 5.69 Å². The highest BCUT2D eigenvalue weighted by Gasteiger charge is 2.23. The fourth-order valence-electron chi connectivity index (χ4n) is 2.32. The standard InChI is InChI=1S/C20H20N2O3S/c1-13(2)25-17-8-4-14(5-9-17)12-18-19(23)22-20(26-18)21-15-6-10-16(24-3)11-7-15/h4-13H,1-3H3,(H,21,22,23). The molecule has 0 bridgehead atoms. The third kappa shape index (κ3) is 4.67. The van der Waals surface area contributed by atoms with Crippen LogP contribution in [0.15, 0.2) is 58.4 Å². The van der Waals surface area contributed by atoms with Gasteiger partial charge in [-0.2, -0.15) is 0 Å². The van der Waals surface area contributed by atoms with Crippen molar-refractivity contribution in [2.75, 3.05) is 7.11 Å². The lowest BCUT2D eigenvalue weighted by atomic mass is 10.2. The Labute approximate surface area is 157 Å². The van der Waals surface area contributed by atoms with Gasteiger partial charge < -0.3 is 14.8 Å². The molecule has 6 heteroatoms. The van der Waals surface area contributed by atoms with Gasteiger partial charge >= 0.3 is 0 Å². The first-order valence-corrected chi connectivity index (χ1v) is 9.05. The highest BCUT2D eigenvalue weighted by atomic mass is 32.2. The largest absolute Gasteiger partial charge is 0.497 e. The number of carbonyl (C=O) groups is 1. The van der Waals surface area contributed by atoms with Crippen LogP contribution < -0.4 is 14.8 Å². The summed E-state index contributed by atoms with van der Waals surface area (Å²) in [5.74, 6) is 1.43. The van der Waals surface area contributed by atoms with E-state index in [2.05, 4.69) is 10.3 Å². The number of nitrogens with zero attached hydrogens (tertiary/aromatic N) is 1. The second-order valence-corrected chi connectivity index (χ2v) is 6.95. The maximum Gasteiger partial charge on any atom is 0.264 e. The molecule has 1 amide bonds. The van der Waals surface area contributed by atoms with Crippen LogP contribution in [-0.4, -0.2) is 24.3 Å². The van der Waals surface area contributed by atoms with E-state index in [4.69, 9.17) is 9.47 Å². The molecule has 1 aliphatic rings. The molecule has 1 N–H and O–H groups in total. The van der Waals surface area contributed by atoms with Crippen molar-refractivity contribution < 1.29 is 14.3 Å². The Morgan fingerprint density at radius 1 is 1.04 bits per heavy atom. The van der Waals surface area contributed by atoms with E-state index in [-0.39, 0.29) is 12.0 Å². The molecule has 134 valence electrons. The molecular formula is C20H20N2O3S. The molecule has 0 aromatic heterocycles. The van der Waals surface area contributed by atoms with Crippen LogP contribution >= 0.6 is 11.8 Å². The Morgan fingerprint density at radius 2 is 1.69 bits per heavy atom. The average molecular weight is 368 g/mol. The lowest BCUT2D eigenvalue weighted by molar-refractivity contribution is -0.115. The quantitative estimate of drug-likeness (QED) is 0.796. The van der Waals surface area contributed by atoms with Gasteiger partial charge in [0.25, 0.3) is 5.91 Å². The molecule has 5 nitrogen and oxygen atoms in total. The minimum absolute atomic E-state index is 0.132. The zero-order valence-corrected chi connectivity index (χ0v) is 15.7. The number of carbonyl (C=O) groups excluding carboxylic acids is 1. The van der Waals surface area contributed by atoms with E-state index in [1.807, 2.05) is 68.5 Å². The van der Waals surface area contributed by atoms with E-state index in [0.717, 1.165) is 22.7 Å². The summed E-state index contributed by atoms with van der Waals surface area (Å²) in [6, 6.07) is 15.0. The molecule has 0 aliphatic carbocycles. The number of hydrogen-bond acceptors (Lipinski definition) is 5. The van der Waals surface area contributed by atoms with Crippen LogP contribution in [-0.2, 0) is 4.79 Å². The summed E-state index contributed by atoms with van der Waals surface area (Å²) >= 11 is 1.32. The molecule has 1 saturated heterocycles. The maximum absolute atomic E-state index is 12.2. The number of rotatable bonds is 5. The van der Waals surface area contributed by atoms with E-state index < -0.39 is 0 Å². The fourth-order valence-corrected chi connectivity index (χ4v) is 3.16. The predicted molar refractivity (Wildman–Crippen MR) is 106 cm³/mol. The van der Waals surface area contributed by atoms with Gasteiger partial charge in [0, 0.05) is 0 Å². The van der Waals surface area contributed by atoms with Crippen LogP contribution in [0, 0.1) is 0 Å². The topological polar surface area (TPSA) is 59.9 Å². The van der Waals surface area contributed by atoms with Gasteiger partial charge in [-0.15, -0.1) is 0 Å². The lowest BCUT2D eigenvalue weighted by Gasteiger charge is -2.09. The summed E-state index contributed by atoms with van der Waals surface area (Å²) < 4.78 is 10.8. The number of nitrogens with one attached hydrogen (secondary N) is 1. The van der Waals surface area contributed by atoms with Gasteiger partial charge in [0.2, 0.25) is 0 Å². The molecule has 0 radical (unpaired) electrons. The maximum atomic E-state index is 12.2. The van der Waals surface area contributed by atoms with Gasteiger partial charge in [0.05, 0.1) is 23.8 Å². The highest BCUT2D eigenvalue weighted by molar-refractivity contribution is 8.18. The van der Waals surface area contributed by atoms with Crippen LogP contribution in [0.5, 0.6) is 11.5 Å². The molecule has 1 heterocycles. The first-order valence-electron chi connectivity index (χ1n) is 8.24. The van der Waals surface area contributed by atoms with Crippen molar-refractivity contribution >= 4 is 34.6 Å². The summed E-state index contributed by atoms with van der Waals surface area (Å²) in [5.41, 5.74) is 1.69. The van der Waals surface area contributed by atoms with Gasteiger partial charge in [-0.1, -0.05) is 12.1 Å². The first kappa shape index (κ1) is 18.1. The zero-order chi connectivity index (χ0) is 18.5. The average Bonchev–Trinajstić information content (AvgIpc) is 2.96. The second-order valence-electron chi connectivity index (χ2n) is 5.92. The Kier molecular flexibility index (Phi) is 5.63. The predicted octanol–water partition coefficient (Wildman–Crippen LogP) is 4.37. The van der Waals surface area contributed by atoms with Crippen molar-refractivity contribution in [1.82, 2.24) is 5.32 Å². The number of ether oxygens (including phenoxy) is 2. The molecule has 1 fully saturated rings. The third-order valence-corrected chi connectivity index (χ3v) is 4.41. The van der Waals surface area contributed by atoms with Gasteiger partial charge in [0.15, 0.2) is 5.17 Å².